The Morgan fingerprint density at radius 2 is 1.46 bits per heavy atom. The Morgan fingerprint density at radius 1 is 0.875 bits per heavy atom. The van der Waals surface area contributed by atoms with Crippen LogP contribution in [-0.2, 0) is 6.42 Å². The standard InChI is InChI=1S/C17H19BrN2O4/c1-22-15-5-4-11(8-14(15)21)19-20-12-9-16(23-2)13(6-7-18)17(10-12)24-3/h4-5,8-10,21H,6-7H2,1-3H3. The Labute approximate surface area is 149 Å². The zero-order chi connectivity index (χ0) is 17.5. The summed E-state index contributed by atoms with van der Waals surface area (Å²) >= 11 is 3.42. The lowest BCUT2D eigenvalue weighted by molar-refractivity contribution is 0.373. The van der Waals surface area contributed by atoms with Crippen LogP contribution in [0.25, 0.3) is 0 Å². The van der Waals surface area contributed by atoms with Gasteiger partial charge >= 0.3 is 0 Å². The van der Waals surface area contributed by atoms with E-state index in [1.54, 1.807) is 38.5 Å². The first kappa shape index (κ1) is 18.1. The lowest BCUT2D eigenvalue weighted by atomic mass is 10.1. The normalized spacial score (nSPS) is 10.8. The number of phenols is 1. The fourth-order valence-corrected chi connectivity index (χ4v) is 2.62. The highest BCUT2D eigenvalue weighted by Gasteiger charge is 2.12. The number of halogens is 1. The quantitative estimate of drug-likeness (QED) is 0.542. The molecule has 6 nitrogen and oxygen atoms in total. The van der Waals surface area contributed by atoms with Crippen molar-refractivity contribution in [1.29, 1.82) is 0 Å². The highest BCUT2D eigenvalue weighted by atomic mass is 79.9. The molecule has 1 N–H and O–H groups in total. The molecule has 7 heteroatoms. The topological polar surface area (TPSA) is 72.6 Å². The number of azo groups is 1. The van der Waals surface area contributed by atoms with Gasteiger partial charge in [-0.2, -0.15) is 10.2 Å². The zero-order valence-electron chi connectivity index (χ0n) is 13.7. The number of aromatic hydroxyl groups is 1. The summed E-state index contributed by atoms with van der Waals surface area (Å²) in [7, 11) is 4.70. The van der Waals surface area contributed by atoms with Crippen molar-refractivity contribution in [3.8, 4) is 23.0 Å². The van der Waals surface area contributed by atoms with E-state index in [2.05, 4.69) is 26.2 Å². The van der Waals surface area contributed by atoms with Crippen molar-refractivity contribution < 1.29 is 19.3 Å². The summed E-state index contributed by atoms with van der Waals surface area (Å²) in [5, 5.41) is 18.9. The Hall–Kier alpha value is -2.28. The molecule has 0 spiro atoms. The highest BCUT2D eigenvalue weighted by molar-refractivity contribution is 9.09. The number of nitrogens with zero attached hydrogens (tertiary/aromatic N) is 2. The van der Waals surface area contributed by atoms with Crippen LogP contribution in [0.15, 0.2) is 40.6 Å². The van der Waals surface area contributed by atoms with Gasteiger partial charge in [0.15, 0.2) is 11.5 Å². The number of rotatable bonds is 7. The van der Waals surface area contributed by atoms with Crippen molar-refractivity contribution in [2.45, 2.75) is 6.42 Å². The summed E-state index contributed by atoms with van der Waals surface area (Å²) in [6, 6.07) is 8.41. The van der Waals surface area contributed by atoms with E-state index in [4.69, 9.17) is 14.2 Å². The number of alkyl halides is 1. The lowest BCUT2D eigenvalue weighted by Crippen LogP contribution is -1.97. The third-order valence-electron chi connectivity index (χ3n) is 3.38. The van der Waals surface area contributed by atoms with E-state index in [1.165, 1.54) is 13.2 Å². The molecule has 0 aliphatic rings. The minimum absolute atomic E-state index is 0.0109. The molecule has 0 aliphatic heterocycles. The summed E-state index contributed by atoms with van der Waals surface area (Å²) in [5.41, 5.74) is 2.08. The molecule has 0 heterocycles. The maximum atomic E-state index is 9.78. The number of phenolic OH excluding ortho intramolecular Hbond substituents is 1. The van der Waals surface area contributed by atoms with Crippen LogP contribution in [0.2, 0.25) is 0 Å². The van der Waals surface area contributed by atoms with E-state index in [0.29, 0.717) is 28.6 Å². The van der Waals surface area contributed by atoms with Gasteiger partial charge in [-0.25, -0.2) is 0 Å². The molecule has 2 rings (SSSR count). The Balaban J connectivity index is 2.33. The van der Waals surface area contributed by atoms with E-state index in [1.807, 2.05) is 0 Å². The molecule has 0 bridgehead atoms. The van der Waals surface area contributed by atoms with Gasteiger partial charge in [0.25, 0.3) is 0 Å². The lowest BCUT2D eigenvalue weighted by Gasteiger charge is -2.13. The number of hydrogen-bond donors (Lipinski definition) is 1. The van der Waals surface area contributed by atoms with Gasteiger partial charge < -0.3 is 19.3 Å². The van der Waals surface area contributed by atoms with Crippen LogP contribution >= 0.6 is 15.9 Å². The second kappa shape index (κ2) is 8.54. The van der Waals surface area contributed by atoms with Crippen molar-refractivity contribution in [2.24, 2.45) is 10.2 Å². The molecule has 0 fully saturated rings. The molecule has 128 valence electrons. The molecule has 0 aromatic heterocycles. The fraction of sp³-hybridized carbons (Fsp3) is 0.294. The summed E-state index contributed by atoms with van der Waals surface area (Å²) in [5.74, 6) is 1.79. The minimum atomic E-state index is 0.0109. The van der Waals surface area contributed by atoms with E-state index >= 15 is 0 Å². The first-order valence-corrected chi connectivity index (χ1v) is 8.34. The maximum Gasteiger partial charge on any atom is 0.160 e. The number of hydrogen-bond acceptors (Lipinski definition) is 6. The largest absolute Gasteiger partial charge is 0.504 e. The monoisotopic (exact) mass is 394 g/mol. The van der Waals surface area contributed by atoms with Gasteiger partial charge in [0, 0.05) is 29.1 Å². The van der Waals surface area contributed by atoms with Gasteiger partial charge in [-0.15, -0.1) is 0 Å². The number of ether oxygens (including phenoxy) is 3. The van der Waals surface area contributed by atoms with Crippen LogP contribution in [0.5, 0.6) is 23.0 Å². The van der Waals surface area contributed by atoms with Crippen molar-refractivity contribution in [1.82, 2.24) is 0 Å². The molecule has 0 amide bonds. The van der Waals surface area contributed by atoms with Crippen LogP contribution < -0.4 is 14.2 Å². The van der Waals surface area contributed by atoms with Gasteiger partial charge in [-0.05, 0) is 18.6 Å². The summed E-state index contributed by atoms with van der Waals surface area (Å²) in [6.07, 6.45) is 0.774. The van der Waals surface area contributed by atoms with E-state index < -0.39 is 0 Å². The van der Waals surface area contributed by atoms with Crippen LogP contribution in [0, 0.1) is 0 Å². The average Bonchev–Trinajstić information content (AvgIpc) is 2.60. The molecule has 2 aromatic rings. The molecular formula is C17H19BrN2O4. The van der Waals surface area contributed by atoms with Gasteiger partial charge in [0.1, 0.15) is 11.5 Å². The second-order valence-electron chi connectivity index (χ2n) is 4.82. The van der Waals surface area contributed by atoms with Gasteiger partial charge in [0.2, 0.25) is 0 Å². The second-order valence-corrected chi connectivity index (χ2v) is 5.62. The molecule has 24 heavy (non-hydrogen) atoms. The third-order valence-corrected chi connectivity index (χ3v) is 3.78. The smallest absolute Gasteiger partial charge is 0.160 e. The van der Waals surface area contributed by atoms with Gasteiger partial charge in [-0.3, -0.25) is 0 Å². The first-order chi connectivity index (χ1) is 11.6. The van der Waals surface area contributed by atoms with Gasteiger partial charge in [-0.1, -0.05) is 15.9 Å². The molecule has 0 unspecified atom stereocenters. The van der Waals surface area contributed by atoms with E-state index in [0.717, 1.165) is 17.3 Å². The summed E-state index contributed by atoms with van der Waals surface area (Å²) < 4.78 is 15.8. The summed E-state index contributed by atoms with van der Waals surface area (Å²) in [4.78, 5) is 0. The first-order valence-electron chi connectivity index (χ1n) is 7.22. The molecular weight excluding hydrogens is 376 g/mol. The van der Waals surface area contributed by atoms with Crippen molar-refractivity contribution in [3.63, 3.8) is 0 Å². The van der Waals surface area contributed by atoms with E-state index in [-0.39, 0.29) is 5.75 Å². The Bertz CT molecular complexity index is 710. The van der Waals surface area contributed by atoms with Crippen molar-refractivity contribution in [2.75, 3.05) is 26.7 Å². The van der Waals surface area contributed by atoms with Crippen molar-refractivity contribution in [3.05, 3.63) is 35.9 Å². The molecule has 0 saturated carbocycles. The van der Waals surface area contributed by atoms with Gasteiger partial charge in [0.05, 0.1) is 32.7 Å². The number of benzene rings is 2. The van der Waals surface area contributed by atoms with E-state index in [9.17, 15) is 5.11 Å². The van der Waals surface area contributed by atoms with Crippen LogP contribution in [-0.4, -0.2) is 31.8 Å². The third kappa shape index (κ3) is 4.17. The fourth-order valence-electron chi connectivity index (χ4n) is 2.22. The molecule has 0 aliphatic carbocycles. The molecule has 2 aromatic carbocycles. The zero-order valence-corrected chi connectivity index (χ0v) is 15.3. The maximum absolute atomic E-state index is 9.78. The average molecular weight is 395 g/mol. The number of methoxy groups -OCH3 is 3. The predicted octanol–water partition coefficient (Wildman–Crippen LogP) is 4.77. The van der Waals surface area contributed by atoms with Crippen LogP contribution in [0.1, 0.15) is 5.56 Å². The SMILES string of the molecule is COc1ccc(N=Nc2cc(OC)c(CCBr)c(OC)c2)cc1O. The van der Waals surface area contributed by atoms with Crippen LogP contribution in [0.3, 0.4) is 0 Å². The molecule has 0 radical (unpaired) electrons. The summed E-state index contributed by atoms with van der Waals surface area (Å²) in [6.45, 7) is 0. The minimum Gasteiger partial charge on any atom is -0.504 e. The van der Waals surface area contributed by atoms with Crippen LogP contribution in [0.4, 0.5) is 11.4 Å². The Kier molecular flexibility index (Phi) is 6.43. The predicted molar refractivity (Wildman–Crippen MR) is 95.9 cm³/mol. The Morgan fingerprint density at radius 3 is 1.96 bits per heavy atom. The highest BCUT2D eigenvalue weighted by Crippen LogP contribution is 2.36. The van der Waals surface area contributed by atoms with Crippen molar-refractivity contribution >= 4 is 27.3 Å². The molecule has 0 atom stereocenters. The molecule has 0 saturated heterocycles.